The van der Waals surface area contributed by atoms with Crippen molar-refractivity contribution in [3.8, 4) is 11.3 Å². The molecule has 114 valence electrons. The van der Waals surface area contributed by atoms with Crippen molar-refractivity contribution in [2.45, 2.75) is 26.2 Å². The molecule has 1 aromatic carbocycles. The molecule has 4 heteroatoms. The van der Waals surface area contributed by atoms with E-state index in [9.17, 15) is 4.79 Å². The van der Waals surface area contributed by atoms with Crippen LogP contribution in [0.2, 0.25) is 0 Å². The van der Waals surface area contributed by atoms with Crippen molar-refractivity contribution in [2.24, 2.45) is 5.92 Å². The van der Waals surface area contributed by atoms with Crippen LogP contribution in [0.25, 0.3) is 11.3 Å². The summed E-state index contributed by atoms with van der Waals surface area (Å²) in [5.41, 5.74) is 3.05. The Labute approximate surface area is 131 Å². The lowest BCUT2D eigenvalue weighted by Gasteiger charge is -2.31. The molecule has 1 saturated heterocycles. The van der Waals surface area contributed by atoms with Crippen molar-refractivity contribution in [3.63, 3.8) is 0 Å². The second-order valence-electron chi connectivity index (χ2n) is 5.91. The Hall–Kier alpha value is -2.23. The zero-order chi connectivity index (χ0) is 15.4. The summed E-state index contributed by atoms with van der Waals surface area (Å²) in [6.45, 7) is 3.39. The Kier molecular flexibility index (Phi) is 4.47. The third-order valence-electron chi connectivity index (χ3n) is 4.33. The Bertz CT molecular complexity index is 617. The zero-order valence-corrected chi connectivity index (χ0v) is 12.9. The van der Waals surface area contributed by atoms with Gasteiger partial charge in [0.1, 0.15) is 0 Å². The number of hydrogen-bond acceptors (Lipinski definition) is 3. The van der Waals surface area contributed by atoms with E-state index in [1.807, 2.05) is 47.6 Å². The molecule has 4 nitrogen and oxygen atoms in total. The van der Waals surface area contributed by atoms with Crippen molar-refractivity contribution in [2.75, 3.05) is 13.1 Å². The first-order valence-electron chi connectivity index (χ1n) is 7.84. The van der Waals surface area contributed by atoms with Gasteiger partial charge in [-0.3, -0.25) is 14.8 Å². The predicted octanol–water partition coefficient (Wildman–Crippen LogP) is 2.94. The maximum atomic E-state index is 11.3. The van der Waals surface area contributed by atoms with Crippen molar-refractivity contribution in [1.29, 1.82) is 0 Å². The van der Waals surface area contributed by atoms with Crippen LogP contribution in [0, 0.1) is 5.92 Å². The summed E-state index contributed by atoms with van der Waals surface area (Å²) in [7, 11) is 0. The van der Waals surface area contributed by atoms with Gasteiger partial charge in [0.15, 0.2) is 0 Å². The number of rotatable bonds is 3. The quantitative estimate of drug-likeness (QED) is 0.874. The standard InChI is InChI=1S/C18H21N3O/c1-14(22)21-9-7-15(8-10-21)11-17-12-20-18(13-19-17)16-5-3-2-4-6-16/h2-6,12-13,15H,7-11H2,1H3. The van der Waals surface area contributed by atoms with Gasteiger partial charge in [-0.05, 0) is 25.2 Å². The van der Waals surface area contributed by atoms with Crippen LogP contribution in [0.1, 0.15) is 25.5 Å². The molecule has 1 aliphatic rings. The average molecular weight is 295 g/mol. The van der Waals surface area contributed by atoms with Crippen molar-refractivity contribution >= 4 is 5.91 Å². The number of benzene rings is 1. The van der Waals surface area contributed by atoms with Gasteiger partial charge in [0.05, 0.1) is 17.6 Å². The van der Waals surface area contributed by atoms with Crippen LogP contribution in [-0.2, 0) is 11.2 Å². The summed E-state index contributed by atoms with van der Waals surface area (Å²) >= 11 is 0. The third-order valence-corrected chi connectivity index (χ3v) is 4.33. The van der Waals surface area contributed by atoms with Crippen LogP contribution in [0.3, 0.4) is 0 Å². The Balaban J connectivity index is 1.59. The van der Waals surface area contributed by atoms with Gasteiger partial charge >= 0.3 is 0 Å². The molecule has 0 spiro atoms. The van der Waals surface area contributed by atoms with Gasteiger partial charge in [-0.1, -0.05) is 30.3 Å². The Morgan fingerprint density at radius 3 is 2.45 bits per heavy atom. The summed E-state index contributed by atoms with van der Waals surface area (Å²) in [6.07, 6.45) is 6.81. The van der Waals surface area contributed by atoms with E-state index in [1.54, 1.807) is 6.92 Å². The number of likely N-dealkylation sites (tertiary alicyclic amines) is 1. The molecule has 0 aliphatic carbocycles. The van der Waals surface area contributed by atoms with Crippen LogP contribution in [-0.4, -0.2) is 33.9 Å². The number of aromatic nitrogens is 2. The van der Waals surface area contributed by atoms with Crippen molar-refractivity contribution < 1.29 is 4.79 Å². The van der Waals surface area contributed by atoms with Crippen LogP contribution in [0.4, 0.5) is 0 Å². The molecule has 0 unspecified atom stereocenters. The number of carbonyl (C=O) groups is 1. The highest BCUT2D eigenvalue weighted by atomic mass is 16.2. The maximum absolute atomic E-state index is 11.3. The lowest BCUT2D eigenvalue weighted by Crippen LogP contribution is -2.37. The molecule has 22 heavy (non-hydrogen) atoms. The molecular weight excluding hydrogens is 274 g/mol. The molecule has 0 bridgehead atoms. The number of nitrogens with zero attached hydrogens (tertiary/aromatic N) is 3. The fourth-order valence-electron chi connectivity index (χ4n) is 2.97. The monoisotopic (exact) mass is 295 g/mol. The van der Waals surface area contributed by atoms with Gasteiger partial charge in [-0.15, -0.1) is 0 Å². The van der Waals surface area contributed by atoms with E-state index in [-0.39, 0.29) is 5.91 Å². The summed E-state index contributed by atoms with van der Waals surface area (Å²) in [6, 6.07) is 10.1. The Morgan fingerprint density at radius 2 is 1.86 bits per heavy atom. The summed E-state index contributed by atoms with van der Waals surface area (Å²) < 4.78 is 0. The van der Waals surface area contributed by atoms with Crippen LogP contribution in [0.15, 0.2) is 42.7 Å². The number of amides is 1. The van der Waals surface area contributed by atoms with Crippen LogP contribution < -0.4 is 0 Å². The summed E-state index contributed by atoms with van der Waals surface area (Å²) in [5, 5.41) is 0. The fraction of sp³-hybridized carbons (Fsp3) is 0.389. The first-order chi connectivity index (χ1) is 10.7. The molecule has 3 rings (SSSR count). The molecule has 0 saturated carbocycles. The summed E-state index contributed by atoms with van der Waals surface area (Å²) in [4.78, 5) is 22.4. The number of carbonyl (C=O) groups excluding carboxylic acids is 1. The number of hydrogen-bond donors (Lipinski definition) is 0. The second-order valence-corrected chi connectivity index (χ2v) is 5.91. The van der Waals surface area contributed by atoms with E-state index in [1.165, 1.54) is 0 Å². The maximum Gasteiger partial charge on any atom is 0.219 e. The minimum atomic E-state index is 0.186. The van der Waals surface area contributed by atoms with Gasteiger partial charge in [-0.25, -0.2) is 0 Å². The van der Waals surface area contributed by atoms with Gasteiger partial charge in [0.2, 0.25) is 5.91 Å². The molecule has 0 atom stereocenters. The topological polar surface area (TPSA) is 46.1 Å². The van der Waals surface area contributed by atoms with Crippen LogP contribution in [0.5, 0.6) is 0 Å². The van der Waals surface area contributed by atoms with Gasteiger partial charge < -0.3 is 4.90 Å². The lowest BCUT2D eigenvalue weighted by molar-refractivity contribution is -0.130. The highest BCUT2D eigenvalue weighted by molar-refractivity contribution is 5.73. The normalized spacial score (nSPS) is 15.8. The van der Waals surface area contributed by atoms with E-state index in [2.05, 4.69) is 9.97 Å². The third kappa shape index (κ3) is 3.50. The van der Waals surface area contributed by atoms with E-state index in [0.29, 0.717) is 5.92 Å². The molecule has 1 amide bonds. The smallest absolute Gasteiger partial charge is 0.219 e. The molecular formula is C18H21N3O. The first-order valence-corrected chi connectivity index (χ1v) is 7.84. The van der Waals surface area contributed by atoms with E-state index < -0.39 is 0 Å². The van der Waals surface area contributed by atoms with E-state index in [4.69, 9.17) is 0 Å². The minimum Gasteiger partial charge on any atom is -0.343 e. The molecule has 1 aromatic heterocycles. The lowest BCUT2D eigenvalue weighted by atomic mass is 9.92. The minimum absolute atomic E-state index is 0.186. The van der Waals surface area contributed by atoms with Gasteiger partial charge in [-0.2, -0.15) is 0 Å². The predicted molar refractivity (Wildman–Crippen MR) is 86.2 cm³/mol. The van der Waals surface area contributed by atoms with Crippen LogP contribution >= 0.6 is 0 Å². The van der Waals surface area contributed by atoms with Crippen molar-refractivity contribution in [3.05, 3.63) is 48.4 Å². The highest BCUT2D eigenvalue weighted by Gasteiger charge is 2.21. The molecule has 0 radical (unpaired) electrons. The molecule has 1 fully saturated rings. The molecule has 0 N–H and O–H groups in total. The van der Waals surface area contributed by atoms with E-state index in [0.717, 1.165) is 49.3 Å². The van der Waals surface area contributed by atoms with E-state index >= 15 is 0 Å². The fourth-order valence-corrected chi connectivity index (χ4v) is 2.97. The second kappa shape index (κ2) is 6.69. The largest absolute Gasteiger partial charge is 0.343 e. The number of piperidine rings is 1. The van der Waals surface area contributed by atoms with Gasteiger partial charge in [0.25, 0.3) is 0 Å². The van der Waals surface area contributed by atoms with Crippen molar-refractivity contribution in [1.82, 2.24) is 14.9 Å². The molecule has 2 heterocycles. The molecule has 1 aliphatic heterocycles. The molecule has 2 aromatic rings. The Morgan fingerprint density at radius 1 is 1.14 bits per heavy atom. The van der Waals surface area contributed by atoms with Gasteiger partial charge in [0, 0.05) is 31.8 Å². The zero-order valence-electron chi connectivity index (χ0n) is 12.9. The summed E-state index contributed by atoms with van der Waals surface area (Å²) in [5.74, 6) is 0.790. The average Bonchev–Trinajstić information content (AvgIpc) is 2.57. The highest BCUT2D eigenvalue weighted by Crippen LogP contribution is 2.21. The first kappa shape index (κ1) is 14.7. The SMILES string of the molecule is CC(=O)N1CCC(Cc2cnc(-c3ccccc3)cn2)CC1.